The highest BCUT2D eigenvalue weighted by Crippen LogP contribution is 2.39. The van der Waals surface area contributed by atoms with E-state index in [0.717, 1.165) is 0 Å². The van der Waals surface area contributed by atoms with Crippen LogP contribution in [0.1, 0.15) is 23.2 Å². The van der Waals surface area contributed by atoms with Crippen molar-refractivity contribution < 1.29 is 19.0 Å². The Morgan fingerprint density at radius 2 is 1.90 bits per heavy atom. The third-order valence-electron chi connectivity index (χ3n) is 2.70. The molecule has 0 aromatic heterocycles. The summed E-state index contributed by atoms with van der Waals surface area (Å²) in [4.78, 5) is 12.1. The highest BCUT2D eigenvalue weighted by atomic mass is 16.5. The Morgan fingerprint density at radius 3 is 2.45 bits per heavy atom. The number of methoxy groups -OCH3 is 3. The van der Waals surface area contributed by atoms with Crippen molar-refractivity contribution in [3.63, 3.8) is 0 Å². The van der Waals surface area contributed by atoms with Crippen LogP contribution in [0.15, 0.2) is 12.1 Å². The van der Waals surface area contributed by atoms with Gasteiger partial charge in [-0.3, -0.25) is 4.79 Å². The highest BCUT2D eigenvalue weighted by molar-refractivity contribution is 5.98. The molecule has 6 nitrogen and oxygen atoms in total. The summed E-state index contributed by atoms with van der Waals surface area (Å²) in [6.07, 6.45) is 1.02. The van der Waals surface area contributed by atoms with Gasteiger partial charge in [0.1, 0.15) is 0 Å². The summed E-state index contributed by atoms with van der Waals surface area (Å²) in [5.74, 6) is 0.912. The molecule has 0 atom stereocenters. The maximum absolute atomic E-state index is 12.1. The van der Waals surface area contributed by atoms with Gasteiger partial charge in [-0.2, -0.15) is 5.26 Å². The van der Waals surface area contributed by atoms with Crippen LogP contribution in [0.4, 0.5) is 0 Å². The molecule has 1 amide bonds. The lowest BCUT2D eigenvalue weighted by molar-refractivity contribution is 0.0949. The van der Waals surface area contributed by atoms with Crippen molar-refractivity contribution in [2.75, 3.05) is 27.9 Å². The number of carbonyl (C=O) groups is 1. The number of ether oxygens (including phenoxy) is 3. The van der Waals surface area contributed by atoms with Crippen molar-refractivity contribution in [3.8, 4) is 23.3 Å². The Hall–Kier alpha value is -2.42. The molecular weight excluding hydrogens is 260 g/mol. The average Bonchev–Trinajstić information content (AvgIpc) is 2.49. The minimum absolute atomic E-state index is 0.277. The maximum Gasteiger partial charge on any atom is 0.255 e. The fourth-order valence-electron chi connectivity index (χ4n) is 1.74. The van der Waals surface area contributed by atoms with Gasteiger partial charge in [0, 0.05) is 13.0 Å². The lowest BCUT2D eigenvalue weighted by Crippen LogP contribution is -2.25. The molecule has 1 N–H and O–H groups in total. The van der Waals surface area contributed by atoms with Crippen LogP contribution in [0, 0.1) is 11.3 Å². The topological polar surface area (TPSA) is 80.6 Å². The molecule has 0 spiro atoms. The summed E-state index contributed by atoms with van der Waals surface area (Å²) in [6, 6.07) is 5.28. The second-order valence-electron chi connectivity index (χ2n) is 3.90. The van der Waals surface area contributed by atoms with Gasteiger partial charge in [0.2, 0.25) is 5.75 Å². The monoisotopic (exact) mass is 278 g/mol. The molecule has 20 heavy (non-hydrogen) atoms. The minimum Gasteiger partial charge on any atom is -0.493 e. The second-order valence-corrected chi connectivity index (χ2v) is 3.90. The molecule has 1 aromatic carbocycles. The third kappa shape index (κ3) is 3.54. The maximum atomic E-state index is 12.1. The number of benzene rings is 1. The van der Waals surface area contributed by atoms with Crippen molar-refractivity contribution in [2.45, 2.75) is 12.8 Å². The predicted octanol–water partition coefficient (Wildman–Crippen LogP) is 1.75. The van der Waals surface area contributed by atoms with E-state index in [4.69, 9.17) is 19.5 Å². The molecular formula is C14H18N2O4. The van der Waals surface area contributed by atoms with Crippen LogP contribution in [0.3, 0.4) is 0 Å². The molecule has 0 unspecified atom stereocenters. The Morgan fingerprint density at radius 1 is 1.20 bits per heavy atom. The van der Waals surface area contributed by atoms with Crippen LogP contribution >= 0.6 is 0 Å². The summed E-state index contributed by atoms with van der Waals surface area (Å²) in [5, 5.41) is 11.2. The first-order valence-corrected chi connectivity index (χ1v) is 6.13. The number of nitrogens with one attached hydrogen (secondary N) is 1. The van der Waals surface area contributed by atoms with E-state index in [0.29, 0.717) is 42.2 Å². The summed E-state index contributed by atoms with van der Waals surface area (Å²) >= 11 is 0. The first kappa shape index (κ1) is 15.6. The molecule has 0 bridgehead atoms. The first-order valence-electron chi connectivity index (χ1n) is 6.13. The highest BCUT2D eigenvalue weighted by Gasteiger charge is 2.20. The molecule has 6 heteroatoms. The van der Waals surface area contributed by atoms with E-state index in [1.165, 1.54) is 21.3 Å². The smallest absolute Gasteiger partial charge is 0.255 e. The van der Waals surface area contributed by atoms with Crippen molar-refractivity contribution in [2.24, 2.45) is 0 Å². The zero-order chi connectivity index (χ0) is 15.0. The molecule has 0 radical (unpaired) electrons. The fraction of sp³-hybridized carbons (Fsp3) is 0.429. The van der Waals surface area contributed by atoms with Crippen LogP contribution in [-0.2, 0) is 0 Å². The lowest BCUT2D eigenvalue weighted by atomic mass is 10.1. The number of carbonyl (C=O) groups excluding carboxylic acids is 1. The molecule has 0 aliphatic rings. The Balaban J connectivity index is 2.94. The van der Waals surface area contributed by atoms with E-state index in [2.05, 4.69) is 5.32 Å². The van der Waals surface area contributed by atoms with Crippen molar-refractivity contribution in [1.82, 2.24) is 5.32 Å². The normalized spacial score (nSPS) is 9.50. The Labute approximate surface area is 118 Å². The molecule has 108 valence electrons. The van der Waals surface area contributed by atoms with Crippen LogP contribution in [0.25, 0.3) is 0 Å². The Bertz CT molecular complexity index is 509. The first-order chi connectivity index (χ1) is 9.69. The zero-order valence-corrected chi connectivity index (χ0v) is 11.9. The minimum atomic E-state index is -0.277. The number of unbranched alkanes of at least 4 members (excludes halogenated alkanes) is 1. The molecule has 0 saturated carbocycles. The number of amides is 1. The summed E-state index contributed by atoms with van der Waals surface area (Å²) in [5.41, 5.74) is 0.363. The summed E-state index contributed by atoms with van der Waals surface area (Å²) < 4.78 is 15.6. The van der Waals surface area contributed by atoms with Gasteiger partial charge < -0.3 is 19.5 Å². The lowest BCUT2D eigenvalue weighted by Gasteiger charge is -2.15. The van der Waals surface area contributed by atoms with Crippen LogP contribution in [0.2, 0.25) is 0 Å². The van der Waals surface area contributed by atoms with E-state index in [-0.39, 0.29) is 5.91 Å². The van der Waals surface area contributed by atoms with E-state index >= 15 is 0 Å². The molecule has 0 aliphatic carbocycles. The fourth-order valence-corrected chi connectivity index (χ4v) is 1.74. The Kier molecular flexibility index (Phi) is 6.17. The van der Waals surface area contributed by atoms with Gasteiger partial charge in [-0.1, -0.05) is 0 Å². The van der Waals surface area contributed by atoms with Crippen molar-refractivity contribution in [1.29, 1.82) is 5.26 Å². The zero-order valence-electron chi connectivity index (χ0n) is 11.9. The number of hydrogen-bond donors (Lipinski definition) is 1. The van der Waals surface area contributed by atoms with Crippen molar-refractivity contribution in [3.05, 3.63) is 17.7 Å². The number of rotatable bonds is 7. The SMILES string of the molecule is COc1ccc(C(=O)NCCCC#N)c(OC)c1OC. The second kappa shape index (κ2) is 7.89. The standard InChI is InChI=1S/C14H18N2O4/c1-18-11-7-6-10(12(19-2)13(11)20-3)14(17)16-9-5-4-8-15/h6-7H,4-5,9H2,1-3H3,(H,16,17). The van der Waals surface area contributed by atoms with Crippen LogP contribution in [-0.4, -0.2) is 33.8 Å². The largest absolute Gasteiger partial charge is 0.493 e. The van der Waals surface area contributed by atoms with Crippen LogP contribution < -0.4 is 19.5 Å². The van der Waals surface area contributed by atoms with E-state index in [1.807, 2.05) is 6.07 Å². The average molecular weight is 278 g/mol. The van der Waals surface area contributed by atoms with Gasteiger partial charge in [0.25, 0.3) is 5.91 Å². The molecule has 0 heterocycles. The molecule has 0 aliphatic heterocycles. The van der Waals surface area contributed by atoms with Crippen LogP contribution in [0.5, 0.6) is 17.2 Å². The van der Waals surface area contributed by atoms with Gasteiger partial charge in [0.15, 0.2) is 11.5 Å². The van der Waals surface area contributed by atoms with Crippen molar-refractivity contribution >= 4 is 5.91 Å². The number of nitriles is 1. The molecule has 1 aromatic rings. The third-order valence-corrected chi connectivity index (χ3v) is 2.70. The van der Waals surface area contributed by atoms with Gasteiger partial charge in [-0.15, -0.1) is 0 Å². The molecule has 0 saturated heterocycles. The number of hydrogen-bond acceptors (Lipinski definition) is 5. The van der Waals surface area contributed by atoms with Gasteiger partial charge in [-0.25, -0.2) is 0 Å². The quantitative estimate of drug-likeness (QED) is 0.768. The van der Waals surface area contributed by atoms with Gasteiger partial charge >= 0.3 is 0 Å². The van der Waals surface area contributed by atoms with Gasteiger partial charge in [-0.05, 0) is 18.6 Å². The van der Waals surface area contributed by atoms with E-state index in [9.17, 15) is 4.79 Å². The summed E-state index contributed by atoms with van der Waals surface area (Å²) in [7, 11) is 4.46. The molecule has 0 fully saturated rings. The summed E-state index contributed by atoms with van der Waals surface area (Å²) in [6.45, 7) is 0.434. The molecule has 1 rings (SSSR count). The van der Waals surface area contributed by atoms with E-state index < -0.39 is 0 Å². The van der Waals surface area contributed by atoms with Gasteiger partial charge in [0.05, 0.1) is 33.0 Å². The predicted molar refractivity (Wildman–Crippen MR) is 73.3 cm³/mol. The number of nitrogens with zero attached hydrogens (tertiary/aromatic N) is 1. The van der Waals surface area contributed by atoms with E-state index in [1.54, 1.807) is 12.1 Å².